The molecule has 164 valence electrons. The van der Waals surface area contributed by atoms with Crippen LogP contribution in [-0.2, 0) is 16.2 Å². The molecular formula is C25H27FO5. The fraction of sp³-hybridized carbons (Fsp3) is 0.280. The summed E-state index contributed by atoms with van der Waals surface area (Å²) in [7, 11) is 0. The van der Waals surface area contributed by atoms with E-state index in [-0.39, 0.29) is 23.6 Å². The minimum Gasteiger partial charge on any atom is -0.489 e. The topological polar surface area (TPSA) is 83.8 Å². The van der Waals surface area contributed by atoms with E-state index in [1.54, 1.807) is 36.4 Å². The van der Waals surface area contributed by atoms with E-state index in [9.17, 15) is 24.2 Å². The van der Waals surface area contributed by atoms with Gasteiger partial charge in [0, 0.05) is 5.57 Å². The summed E-state index contributed by atoms with van der Waals surface area (Å²) in [6.45, 7) is 2.34. The zero-order valence-electron chi connectivity index (χ0n) is 17.5. The Balaban J connectivity index is 2.08. The SMILES string of the molecule is CCCCCCC(=CC(=Cc1ccc(OCc2ccc(F)cc2)cc1)C(=O)O)C(=O)O. The molecule has 0 spiro atoms. The molecule has 0 atom stereocenters. The summed E-state index contributed by atoms with van der Waals surface area (Å²) in [6, 6.07) is 12.8. The average molecular weight is 426 g/mol. The molecule has 0 heterocycles. The van der Waals surface area contributed by atoms with Crippen LogP contribution in [0.2, 0.25) is 0 Å². The van der Waals surface area contributed by atoms with Crippen molar-refractivity contribution in [2.45, 2.75) is 45.6 Å². The summed E-state index contributed by atoms with van der Waals surface area (Å²) in [6.07, 6.45) is 6.67. The Morgan fingerprint density at radius 3 is 2.19 bits per heavy atom. The van der Waals surface area contributed by atoms with Crippen LogP contribution in [0, 0.1) is 5.82 Å². The molecule has 0 aliphatic rings. The number of benzene rings is 2. The van der Waals surface area contributed by atoms with Crippen molar-refractivity contribution in [3.05, 3.63) is 82.7 Å². The van der Waals surface area contributed by atoms with Crippen LogP contribution in [0.5, 0.6) is 5.75 Å². The smallest absolute Gasteiger partial charge is 0.335 e. The van der Waals surface area contributed by atoms with Crippen molar-refractivity contribution in [3.63, 3.8) is 0 Å². The van der Waals surface area contributed by atoms with Gasteiger partial charge in [0.15, 0.2) is 0 Å². The molecule has 2 aromatic carbocycles. The molecule has 0 unspecified atom stereocenters. The molecule has 0 saturated carbocycles. The maximum absolute atomic E-state index is 12.9. The van der Waals surface area contributed by atoms with Crippen LogP contribution in [-0.4, -0.2) is 22.2 Å². The van der Waals surface area contributed by atoms with Gasteiger partial charge >= 0.3 is 11.9 Å². The second-order valence-corrected chi connectivity index (χ2v) is 7.17. The highest BCUT2D eigenvalue weighted by Gasteiger charge is 2.12. The number of hydrogen-bond acceptors (Lipinski definition) is 3. The number of aliphatic carboxylic acids is 2. The largest absolute Gasteiger partial charge is 0.489 e. The van der Waals surface area contributed by atoms with Crippen LogP contribution < -0.4 is 4.74 Å². The Kier molecular flexibility index (Phi) is 9.49. The van der Waals surface area contributed by atoms with Crippen molar-refractivity contribution in [2.75, 3.05) is 0 Å². The molecule has 31 heavy (non-hydrogen) atoms. The van der Waals surface area contributed by atoms with Gasteiger partial charge in [0.05, 0.1) is 5.57 Å². The molecule has 0 aliphatic carbocycles. The van der Waals surface area contributed by atoms with E-state index in [1.807, 2.05) is 0 Å². The molecule has 2 rings (SSSR count). The Bertz CT molecular complexity index is 927. The summed E-state index contributed by atoms with van der Waals surface area (Å²) in [5.41, 5.74) is 1.43. The maximum Gasteiger partial charge on any atom is 0.335 e. The van der Waals surface area contributed by atoms with Crippen molar-refractivity contribution < 1.29 is 28.9 Å². The van der Waals surface area contributed by atoms with Gasteiger partial charge in [0.1, 0.15) is 18.2 Å². The molecule has 6 heteroatoms. The number of carboxylic acid groups (broad SMARTS) is 2. The lowest BCUT2D eigenvalue weighted by Crippen LogP contribution is -2.05. The lowest BCUT2D eigenvalue weighted by molar-refractivity contribution is -0.133. The van der Waals surface area contributed by atoms with E-state index in [2.05, 4.69) is 6.92 Å². The van der Waals surface area contributed by atoms with Gasteiger partial charge in [-0.3, -0.25) is 0 Å². The van der Waals surface area contributed by atoms with Crippen LogP contribution in [0.3, 0.4) is 0 Å². The summed E-state index contributed by atoms with van der Waals surface area (Å²) >= 11 is 0. The molecule has 0 amide bonds. The maximum atomic E-state index is 12.9. The van der Waals surface area contributed by atoms with E-state index in [4.69, 9.17) is 4.74 Å². The highest BCUT2D eigenvalue weighted by molar-refractivity contribution is 5.98. The first kappa shape index (κ1) is 23.9. The van der Waals surface area contributed by atoms with Gasteiger partial charge in [-0.1, -0.05) is 50.5 Å². The third-order valence-electron chi connectivity index (χ3n) is 4.67. The van der Waals surface area contributed by atoms with Gasteiger partial charge in [-0.05, 0) is 60.4 Å². The third-order valence-corrected chi connectivity index (χ3v) is 4.67. The molecule has 0 bridgehead atoms. The van der Waals surface area contributed by atoms with E-state index >= 15 is 0 Å². The predicted molar refractivity (Wildman–Crippen MR) is 117 cm³/mol. The minimum absolute atomic E-state index is 0.0870. The lowest BCUT2D eigenvalue weighted by Gasteiger charge is -2.07. The van der Waals surface area contributed by atoms with Crippen LogP contribution in [0.1, 0.15) is 50.2 Å². The zero-order valence-corrected chi connectivity index (χ0v) is 17.5. The fourth-order valence-electron chi connectivity index (χ4n) is 2.92. The predicted octanol–water partition coefficient (Wildman–Crippen LogP) is 5.85. The summed E-state index contributed by atoms with van der Waals surface area (Å²) < 4.78 is 18.6. The third kappa shape index (κ3) is 8.46. The number of halogens is 1. The van der Waals surface area contributed by atoms with Crippen molar-refractivity contribution in [3.8, 4) is 5.75 Å². The van der Waals surface area contributed by atoms with Crippen molar-refractivity contribution in [1.82, 2.24) is 0 Å². The van der Waals surface area contributed by atoms with E-state index < -0.39 is 11.9 Å². The molecule has 0 aromatic heterocycles. The highest BCUT2D eigenvalue weighted by Crippen LogP contribution is 2.19. The number of hydrogen-bond donors (Lipinski definition) is 2. The quantitative estimate of drug-likeness (QED) is 0.252. The van der Waals surface area contributed by atoms with Gasteiger partial charge in [-0.25, -0.2) is 14.0 Å². The summed E-state index contributed by atoms with van der Waals surface area (Å²) in [4.78, 5) is 23.1. The highest BCUT2D eigenvalue weighted by atomic mass is 19.1. The minimum atomic E-state index is -1.19. The molecule has 2 aromatic rings. The molecule has 0 fully saturated rings. The number of carboxylic acids is 2. The summed E-state index contributed by atoms with van der Waals surface area (Å²) in [5, 5.41) is 18.9. The molecular weight excluding hydrogens is 399 g/mol. The average Bonchev–Trinajstić information content (AvgIpc) is 2.75. The number of ether oxygens (including phenoxy) is 1. The Morgan fingerprint density at radius 1 is 0.935 bits per heavy atom. The van der Waals surface area contributed by atoms with Gasteiger partial charge in [-0.2, -0.15) is 0 Å². The number of carbonyl (C=O) groups is 2. The van der Waals surface area contributed by atoms with E-state index in [0.717, 1.165) is 24.8 Å². The summed E-state index contributed by atoms with van der Waals surface area (Å²) in [5.74, 6) is -2.02. The van der Waals surface area contributed by atoms with Gasteiger partial charge in [0.2, 0.25) is 0 Å². The number of rotatable bonds is 12. The van der Waals surface area contributed by atoms with Crippen LogP contribution in [0.25, 0.3) is 6.08 Å². The Labute approximate surface area is 181 Å². The second kappa shape index (κ2) is 12.3. The monoisotopic (exact) mass is 426 g/mol. The lowest BCUT2D eigenvalue weighted by atomic mass is 10.0. The molecule has 0 radical (unpaired) electrons. The first-order valence-corrected chi connectivity index (χ1v) is 10.2. The second-order valence-electron chi connectivity index (χ2n) is 7.17. The molecule has 0 aliphatic heterocycles. The Hall–Kier alpha value is -3.41. The first-order chi connectivity index (χ1) is 14.9. The number of unbranched alkanes of at least 4 members (excludes halogenated alkanes) is 3. The van der Waals surface area contributed by atoms with E-state index in [1.165, 1.54) is 24.3 Å². The van der Waals surface area contributed by atoms with Crippen LogP contribution >= 0.6 is 0 Å². The fourth-order valence-corrected chi connectivity index (χ4v) is 2.92. The molecule has 5 nitrogen and oxygen atoms in total. The first-order valence-electron chi connectivity index (χ1n) is 10.2. The van der Waals surface area contributed by atoms with Crippen molar-refractivity contribution in [2.24, 2.45) is 0 Å². The van der Waals surface area contributed by atoms with Gasteiger partial charge in [0.25, 0.3) is 0 Å². The molecule has 0 saturated heterocycles. The van der Waals surface area contributed by atoms with E-state index in [0.29, 0.717) is 24.2 Å². The van der Waals surface area contributed by atoms with Crippen molar-refractivity contribution >= 4 is 18.0 Å². The normalized spacial score (nSPS) is 11.9. The standard InChI is InChI=1S/C25H27FO5/c1-2-3-4-5-6-20(24(27)28)16-21(25(29)30)15-18-9-13-23(14-10-18)31-17-19-7-11-22(26)12-8-19/h7-16H,2-6,17H2,1H3,(H,27,28)(H,29,30). The van der Waals surface area contributed by atoms with Gasteiger partial charge in [-0.15, -0.1) is 0 Å². The van der Waals surface area contributed by atoms with Crippen molar-refractivity contribution in [1.29, 1.82) is 0 Å². The zero-order chi connectivity index (χ0) is 22.6. The molecule has 2 N–H and O–H groups in total. The van der Waals surface area contributed by atoms with Crippen LogP contribution in [0.4, 0.5) is 4.39 Å². The Morgan fingerprint density at radius 2 is 1.61 bits per heavy atom. The van der Waals surface area contributed by atoms with Crippen LogP contribution in [0.15, 0.2) is 65.8 Å². The van der Waals surface area contributed by atoms with Gasteiger partial charge < -0.3 is 14.9 Å².